The number of nitrogens with zero attached hydrogens (tertiary/aromatic N) is 4. The highest BCUT2D eigenvalue weighted by atomic mass is 16.2. The molecule has 1 fully saturated rings. The van der Waals surface area contributed by atoms with Gasteiger partial charge in [0.15, 0.2) is 5.96 Å². The maximum atomic E-state index is 11.9. The topological polar surface area (TPSA) is 74.5 Å². The lowest BCUT2D eigenvalue weighted by Gasteiger charge is -2.23. The maximum absolute atomic E-state index is 11.9. The van der Waals surface area contributed by atoms with Gasteiger partial charge >= 0.3 is 0 Å². The van der Waals surface area contributed by atoms with Crippen molar-refractivity contribution in [3.8, 4) is 0 Å². The fourth-order valence-corrected chi connectivity index (χ4v) is 3.75. The number of aromatic nitrogens is 2. The third-order valence-corrected chi connectivity index (χ3v) is 5.71. The van der Waals surface area contributed by atoms with Crippen molar-refractivity contribution >= 4 is 11.9 Å². The number of likely N-dealkylation sites (N-methyl/N-ethyl adjacent to an activating group) is 1. The zero-order valence-corrected chi connectivity index (χ0v) is 18.3. The van der Waals surface area contributed by atoms with E-state index in [9.17, 15) is 4.79 Å². The molecule has 1 saturated carbocycles. The van der Waals surface area contributed by atoms with E-state index in [0.29, 0.717) is 5.92 Å². The zero-order chi connectivity index (χ0) is 20.5. The number of nitrogens with one attached hydrogen (secondary N) is 2. The Hall–Kier alpha value is -2.05. The molecule has 28 heavy (non-hydrogen) atoms. The second kappa shape index (κ2) is 11.1. The first-order valence-electron chi connectivity index (χ1n) is 10.6. The summed E-state index contributed by atoms with van der Waals surface area (Å²) in [6.45, 7) is 6.12. The highest BCUT2D eigenvalue weighted by Gasteiger charge is 2.14. The lowest BCUT2D eigenvalue weighted by Crippen LogP contribution is -2.41. The van der Waals surface area contributed by atoms with E-state index in [4.69, 9.17) is 0 Å². The minimum atomic E-state index is 0.0142. The number of amides is 1. The molecule has 0 atom stereocenters. The van der Waals surface area contributed by atoms with Gasteiger partial charge in [-0.25, -0.2) is 4.99 Å². The SMILES string of the molecule is Cc1nn(C)c(C)c1CCCNC(=NCC(=O)N(C)C)NCC1CCCCC1. The number of hydrogen-bond donors (Lipinski definition) is 2. The molecule has 0 radical (unpaired) electrons. The van der Waals surface area contributed by atoms with Crippen LogP contribution in [0.25, 0.3) is 0 Å². The van der Waals surface area contributed by atoms with Crippen molar-refractivity contribution in [1.82, 2.24) is 25.3 Å². The van der Waals surface area contributed by atoms with Gasteiger partial charge < -0.3 is 15.5 Å². The van der Waals surface area contributed by atoms with Gasteiger partial charge in [-0.2, -0.15) is 5.10 Å². The molecular weight excluding hydrogens is 352 g/mol. The molecule has 0 saturated heterocycles. The maximum Gasteiger partial charge on any atom is 0.243 e. The smallest absolute Gasteiger partial charge is 0.243 e. The monoisotopic (exact) mass is 390 g/mol. The Morgan fingerprint density at radius 2 is 1.93 bits per heavy atom. The predicted molar refractivity (Wildman–Crippen MR) is 115 cm³/mol. The fourth-order valence-electron chi connectivity index (χ4n) is 3.75. The van der Waals surface area contributed by atoms with Crippen molar-refractivity contribution in [2.75, 3.05) is 33.7 Å². The Kier molecular flexibility index (Phi) is 8.80. The van der Waals surface area contributed by atoms with E-state index < -0.39 is 0 Å². The average Bonchev–Trinajstić information content (AvgIpc) is 2.92. The summed E-state index contributed by atoms with van der Waals surface area (Å²) in [5, 5.41) is 11.4. The Morgan fingerprint density at radius 1 is 1.21 bits per heavy atom. The summed E-state index contributed by atoms with van der Waals surface area (Å²) in [7, 11) is 5.52. The molecular formula is C21H38N6O. The number of aliphatic imine (C=N–C) groups is 1. The van der Waals surface area contributed by atoms with Crippen molar-refractivity contribution in [2.45, 2.75) is 58.8 Å². The standard InChI is InChI=1S/C21H38N6O/c1-16-19(17(2)27(5)25-16)12-9-13-22-21(24-15-20(28)26(3)4)23-14-18-10-7-6-8-11-18/h18H,6-15H2,1-5H3,(H2,22,23,24). The molecule has 0 bridgehead atoms. The number of carbonyl (C=O) groups excluding carboxylic acids is 1. The molecule has 0 aliphatic heterocycles. The van der Waals surface area contributed by atoms with Crippen molar-refractivity contribution in [2.24, 2.45) is 18.0 Å². The number of hydrogen-bond acceptors (Lipinski definition) is 3. The molecule has 1 aromatic rings. The molecule has 1 aromatic heterocycles. The van der Waals surface area contributed by atoms with Crippen LogP contribution < -0.4 is 10.6 Å². The lowest BCUT2D eigenvalue weighted by molar-refractivity contribution is -0.127. The van der Waals surface area contributed by atoms with Crippen LogP contribution in [-0.4, -0.2) is 60.3 Å². The number of aryl methyl sites for hydroxylation is 2. The van der Waals surface area contributed by atoms with Crippen LogP contribution in [0.4, 0.5) is 0 Å². The third-order valence-electron chi connectivity index (χ3n) is 5.71. The minimum absolute atomic E-state index is 0.0142. The van der Waals surface area contributed by atoms with Gasteiger partial charge in [0, 0.05) is 39.9 Å². The van der Waals surface area contributed by atoms with Gasteiger partial charge in [-0.15, -0.1) is 0 Å². The van der Waals surface area contributed by atoms with E-state index in [-0.39, 0.29) is 12.5 Å². The van der Waals surface area contributed by atoms with E-state index in [1.807, 2.05) is 11.7 Å². The first-order valence-corrected chi connectivity index (χ1v) is 10.6. The quantitative estimate of drug-likeness (QED) is 0.405. The van der Waals surface area contributed by atoms with Crippen LogP contribution >= 0.6 is 0 Å². The van der Waals surface area contributed by atoms with Gasteiger partial charge in [0.25, 0.3) is 0 Å². The van der Waals surface area contributed by atoms with E-state index >= 15 is 0 Å². The number of rotatable bonds is 8. The molecule has 7 nitrogen and oxygen atoms in total. The van der Waals surface area contributed by atoms with Crippen molar-refractivity contribution in [3.63, 3.8) is 0 Å². The highest BCUT2D eigenvalue weighted by molar-refractivity contribution is 5.84. The predicted octanol–water partition coefficient (Wildman–Crippen LogP) is 2.17. The summed E-state index contributed by atoms with van der Waals surface area (Å²) in [4.78, 5) is 18.0. The molecule has 1 heterocycles. The van der Waals surface area contributed by atoms with E-state index in [1.165, 1.54) is 43.4 Å². The largest absolute Gasteiger partial charge is 0.356 e. The van der Waals surface area contributed by atoms with Crippen molar-refractivity contribution < 1.29 is 4.79 Å². The van der Waals surface area contributed by atoms with E-state index in [1.54, 1.807) is 19.0 Å². The molecule has 0 spiro atoms. The molecule has 158 valence electrons. The third kappa shape index (κ3) is 6.84. The van der Waals surface area contributed by atoms with Gasteiger partial charge in [0.05, 0.1) is 5.69 Å². The van der Waals surface area contributed by atoms with Crippen LogP contribution in [0, 0.1) is 19.8 Å². The Labute approximate surface area is 170 Å². The van der Waals surface area contributed by atoms with Crippen molar-refractivity contribution in [3.05, 3.63) is 17.0 Å². The number of carbonyl (C=O) groups is 1. The molecule has 0 unspecified atom stereocenters. The summed E-state index contributed by atoms with van der Waals surface area (Å²) in [6.07, 6.45) is 8.58. The van der Waals surface area contributed by atoms with Gasteiger partial charge in [-0.3, -0.25) is 9.48 Å². The molecule has 2 N–H and O–H groups in total. The summed E-state index contributed by atoms with van der Waals surface area (Å²) >= 11 is 0. The highest BCUT2D eigenvalue weighted by Crippen LogP contribution is 2.22. The summed E-state index contributed by atoms with van der Waals surface area (Å²) in [5.41, 5.74) is 3.68. The molecule has 1 amide bonds. The summed E-state index contributed by atoms with van der Waals surface area (Å²) < 4.78 is 1.95. The Balaban J connectivity index is 1.84. The van der Waals surface area contributed by atoms with Crippen molar-refractivity contribution in [1.29, 1.82) is 0 Å². The van der Waals surface area contributed by atoms with Gasteiger partial charge in [-0.1, -0.05) is 19.3 Å². The van der Waals surface area contributed by atoms with Crippen LogP contribution in [0.1, 0.15) is 55.5 Å². The van der Waals surface area contributed by atoms with E-state index in [2.05, 4.69) is 34.6 Å². The molecule has 1 aliphatic rings. The lowest BCUT2D eigenvalue weighted by atomic mass is 9.89. The molecule has 0 aromatic carbocycles. The van der Waals surface area contributed by atoms with Crippen LogP contribution in [0.2, 0.25) is 0 Å². The Morgan fingerprint density at radius 3 is 2.54 bits per heavy atom. The molecule has 1 aliphatic carbocycles. The number of guanidine groups is 1. The summed E-state index contributed by atoms with van der Waals surface area (Å²) in [6, 6.07) is 0. The molecule has 7 heteroatoms. The second-order valence-electron chi connectivity index (χ2n) is 8.14. The fraction of sp³-hybridized carbons (Fsp3) is 0.762. The molecule has 2 rings (SSSR count). The van der Waals surface area contributed by atoms with E-state index in [0.717, 1.165) is 37.6 Å². The summed E-state index contributed by atoms with van der Waals surface area (Å²) in [5.74, 6) is 1.48. The normalized spacial score (nSPS) is 15.5. The Bertz CT molecular complexity index is 658. The van der Waals surface area contributed by atoms with Crippen LogP contribution in [0.3, 0.4) is 0 Å². The zero-order valence-electron chi connectivity index (χ0n) is 18.3. The van der Waals surface area contributed by atoms with Gasteiger partial charge in [0.1, 0.15) is 6.54 Å². The minimum Gasteiger partial charge on any atom is -0.356 e. The first kappa shape index (κ1) is 22.2. The van der Waals surface area contributed by atoms with Crippen LogP contribution in [0.15, 0.2) is 4.99 Å². The first-order chi connectivity index (χ1) is 13.4. The van der Waals surface area contributed by atoms with Crippen LogP contribution in [0.5, 0.6) is 0 Å². The average molecular weight is 391 g/mol. The van der Waals surface area contributed by atoms with Crippen LogP contribution in [-0.2, 0) is 18.3 Å². The second-order valence-corrected chi connectivity index (χ2v) is 8.14. The van der Waals surface area contributed by atoms with Gasteiger partial charge in [0.2, 0.25) is 5.91 Å². The van der Waals surface area contributed by atoms with Gasteiger partial charge in [-0.05, 0) is 51.0 Å².